The van der Waals surface area contributed by atoms with Crippen LogP contribution in [-0.4, -0.2) is 48.6 Å². The predicted octanol–water partition coefficient (Wildman–Crippen LogP) is 3.27. The van der Waals surface area contributed by atoms with Crippen molar-refractivity contribution in [1.29, 1.82) is 0 Å². The highest BCUT2D eigenvalue weighted by atomic mass is 16.2. The number of nitrogens with zero attached hydrogens (tertiary/aromatic N) is 2. The lowest BCUT2D eigenvalue weighted by molar-refractivity contribution is 0.138. The third kappa shape index (κ3) is 4.05. The normalized spacial score (nSPS) is 21.3. The lowest BCUT2D eigenvalue weighted by atomic mass is 9.92. The molecule has 1 atom stereocenters. The molecular formula is C19H29N3O. The third-order valence-electron chi connectivity index (χ3n) is 5.42. The Morgan fingerprint density at radius 1 is 1.13 bits per heavy atom. The fourth-order valence-electron chi connectivity index (χ4n) is 3.92. The van der Waals surface area contributed by atoms with Crippen LogP contribution in [0, 0.1) is 5.92 Å². The summed E-state index contributed by atoms with van der Waals surface area (Å²) >= 11 is 0. The van der Waals surface area contributed by atoms with Gasteiger partial charge in [-0.2, -0.15) is 0 Å². The molecular weight excluding hydrogens is 286 g/mol. The molecule has 2 aliphatic rings. The van der Waals surface area contributed by atoms with E-state index in [-0.39, 0.29) is 12.1 Å². The Balaban J connectivity index is 1.65. The maximum Gasteiger partial charge on any atom is 0.317 e. The summed E-state index contributed by atoms with van der Waals surface area (Å²) in [5.41, 5.74) is 1.25. The molecule has 1 aromatic rings. The van der Waals surface area contributed by atoms with Crippen molar-refractivity contribution < 1.29 is 4.79 Å². The Morgan fingerprint density at radius 3 is 2.39 bits per heavy atom. The van der Waals surface area contributed by atoms with E-state index in [1.165, 1.54) is 31.2 Å². The summed E-state index contributed by atoms with van der Waals surface area (Å²) in [7, 11) is 0. The van der Waals surface area contributed by atoms with Crippen molar-refractivity contribution in [2.45, 2.75) is 38.6 Å². The smallest absolute Gasteiger partial charge is 0.317 e. The average molecular weight is 315 g/mol. The summed E-state index contributed by atoms with van der Waals surface area (Å²) in [4.78, 5) is 17.1. The van der Waals surface area contributed by atoms with E-state index in [0.717, 1.165) is 32.7 Å². The SMILES string of the molecule is CCN1CCN(C(=O)NC(c2ccccc2)C2CCCC2)CC1. The second-order valence-corrected chi connectivity index (χ2v) is 6.80. The molecule has 126 valence electrons. The van der Waals surface area contributed by atoms with E-state index in [2.05, 4.69) is 41.4 Å². The first kappa shape index (κ1) is 16.3. The molecule has 1 aliphatic carbocycles. The van der Waals surface area contributed by atoms with Crippen LogP contribution in [0.2, 0.25) is 0 Å². The van der Waals surface area contributed by atoms with Gasteiger partial charge in [0.2, 0.25) is 0 Å². The van der Waals surface area contributed by atoms with E-state index in [0.29, 0.717) is 5.92 Å². The summed E-state index contributed by atoms with van der Waals surface area (Å²) in [6.45, 7) is 6.91. The number of nitrogens with one attached hydrogen (secondary N) is 1. The highest BCUT2D eigenvalue weighted by molar-refractivity contribution is 5.75. The van der Waals surface area contributed by atoms with E-state index in [1.807, 2.05) is 11.0 Å². The Bertz CT molecular complexity index is 491. The van der Waals surface area contributed by atoms with Crippen molar-refractivity contribution in [3.05, 3.63) is 35.9 Å². The molecule has 3 rings (SSSR count). The first-order valence-corrected chi connectivity index (χ1v) is 9.10. The van der Waals surface area contributed by atoms with Crippen LogP contribution < -0.4 is 5.32 Å². The largest absolute Gasteiger partial charge is 0.331 e. The number of piperazine rings is 1. The van der Waals surface area contributed by atoms with Gasteiger partial charge in [-0.05, 0) is 30.9 Å². The standard InChI is InChI=1S/C19H29N3O/c1-2-21-12-14-22(15-13-21)19(23)20-18(17-10-6-7-11-17)16-8-4-3-5-9-16/h3-5,8-9,17-18H,2,6-7,10-15H2,1H3,(H,20,23). The fourth-order valence-corrected chi connectivity index (χ4v) is 3.92. The van der Waals surface area contributed by atoms with Gasteiger partial charge in [0.25, 0.3) is 0 Å². The van der Waals surface area contributed by atoms with Gasteiger partial charge in [-0.3, -0.25) is 0 Å². The van der Waals surface area contributed by atoms with Gasteiger partial charge in [-0.25, -0.2) is 4.79 Å². The average Bonchev–Trinajstić information content (AvgIpc) is 3.14. The lowest BCUT2D eigenvalue weighted by Gasteiger charge is -2.36. The molecule has 1 unspecified atom stereocenters. The van der Waals surface area contributed by atoms with Crippen LogP contribution in [0.15, 0.2) is 30.3 Å². The van der Waals surface area contributed by atoms with Crippen LogP contribution >= 0.6 is 0 Å². The van der Waals surface area contributed by atoms with Crippen molar-refractivity contribution in [1.82, 2.24) is 15.1 Å². The predicted molar refractivity (Wildman–Crippen MR) is 93.4 cm³/mol. The first-order chi connectivity index (χ1) is 11.3. The van der Waals surface area contributed by atoms with Crippen LogP contribution in [-0.2, 0) is 0 Å². The number of urea groups is 1. The molecule has 0 bridgehead atoms. The molecule has 0 spiro atoms. The monoisotopic (exact) mass is 315 g/mol. The summed E-state index contributed by atoms with van der Waals surface area (Å²) < 4.78 is 0. The molecule has 4 nitrogen and oxygen atoms in total. The Hall–Kier alpha value is -1.55. The minimum absolute atomic E-state index is 0.113. The topological polar surface area (TPSA) is 35.6 Å². The minimum atomic E-state index is 0.113. The number of benzene rings is 1. The maximum atomic E-state index is 12.7. The lowest BCUT2D eigenvalue weighted by Crippen LogP contribution is -2.52. The molecule has 1 aliphatic heterocycles. The van der Waals surface area contributed by atoms with E-state index in [1.54, 1.807) is 0 Å². The Labute approximate surface area is 139 Å². The number of amides is 2. The molecule has 4 heteroatoms. The quantitative estimate of drug-likeness (QED) is 0.925. The van der Waals surface area contributed by atoms with Gasteiger partial charge in [0.1, 0.15) is 0 Å². The fraction of sp³-hybridized carbons (Fsp3) is 0.632. The Morgan fingerprint density at radius 2 is 1.78 bits per heavy atom. The number of rotatable bonds is 4. The van der Waals surface area contributed by atoms with Crippen molar-refractivity contribution in [3.63, 3.8) is 0 Å². The van der Waals surface area contributed by atoms with Crippen molar-refractivity contribution in [2.24, 2.45) is 5.92 Å². The number of carbonyl (C=O) groups excluding carboxylic acids is 1. The van der Waals surface area contributed by atoms with E-state index in [9.17, 15) is 4.79 Å². The number of carbonyl (C=O) groups is 1. The van der Waals surface area contributed by atoms with Crippen molar-refractivity contribution in [2.75, 3.05) is 32.7 Å². The third-order valence-corrected chi connectivity index (χ3v) is 5.42. The summed E-state index contributed by atoms with van der Waals surface area (Å²) in [6.07, 6.45) is 5.03. The zero-order chi connectivity index (χ0) is 16.1. The molecule has 0 aromatic heterocycles. The van der Waals surface area contributed by atoms with E-state index >= 15 is 0 Å². The zero-order valence-corrected chi connectivity index (χ0v) is 14.2. The van der Waals surface area contributed by atoms with Gasteiger partial charge in [-0.15, -0.1) is 0 Å². The Kier molecular flexibility index (Phi) is 5.55. The minimum Gasteiger partial charge on any atom is -0.331 e. The highest BCUT2D eigenvalue weighted by Crippen LogP contribution is 2.35. The van der Waals surface area contributed by atoms with Crippen LogP contribution in [0.25, 0.3) is 0 Å². The van der Waals surface area contributed by atoms with Gasteiger partial charge in [0.15, 0.2) is 0 Å². The van der Waals surface area contributed by atoms with Crippen LogP contribution in [0.5, 0.6) is 0 Å². The van der Waals surface area contributed by atoms with Crippen molar-refractivity contribution in [3.8, 4) is 0 Å². The second-order valence-electron chi connectivity index (χ2n) is 6.80. The summed E-state index contributed by atoms with van der Waals surface area (Å²) in [5, 5.41) is 3.35. The molecule has 2 fully saturated rings. The van der Waals surface area contributed by atoms with Gasteiger partial charge in [0, 0.05) is 26.2 Å². The first-order valence-electron chi connectivity index (χ1n) is 9.10. The van der Waals surface area contributed by atoms with Gasteiger partial charge >= 0.3 is 6.03 Å². The van der Waals surface area contributed by atoms with Crippen LogP contribution in [0.3, 0.4) is 0 Å². The number of hydrogen-bond donors (Lipinski definition) is 1. The van der Waals surface area contributed by atoms with Crippen molar-refractivity contribution >= 4 is 6.03 Å². The molecule has 1 saturated carbocycles. The molecule has 1 heterocycles. The maximum absolute atomic E-state index is 12.7. The molecule has 1 saturated heterocycles. The number of likely N-dealkylation sites (N-methyl/N-ethyl adjacent to an activating group) is 1. The molecule has 1 N–H and O–H groups in total. The van der Waals surface area contributed by atoms with Gasteiger partial charge in [-0.1, -0.05) is 50.1 Å². The van der Waals surface area contributed by atoms with Crippen LogP contribution in [0.4, 0.5) is 4.79 Å². The molecule has 0 radical (unpaired) electrons. The molecule has 2 amide bonds. The van der Waals surface area contributed by atoms with E-state index in [4.69, 9.17) is 0 Å². The summed E-state index contributed by atoms with van der Waals surface area (Å²) in [6, 6.07) is 10.8. The second kappa shape index (κ2) is 7.82. The molecule has 23 heavy (non-hydrogen) atoms. The van der Waals surface area contributed by atoms with Gasteiger partial charge in [0.05, 0.1) is 6.04 Å². The summed E-state index contributed by atoms with van der Waals surface area (Å²) in [5.74, 6) is 0.582. The molecule has 1 aromatic carbocycles. The van der Waals surface area contributed by atoms with E-state index < -0.39 is 0 Å². The number of hydrogen-bond acceptors (Lipinski definition) is 2. The zero-order valence-electron chi connectivity index (χ0n) is 14.2. The van der Waals surface area contributed by atoms with Crippen LogP contribution in [0.1, 0.15) is 44.2 Å². The van der Waals surface area contributed by atoms with Gasteiger partial charge < -0.3 is 15.1 Å². The highest BCUT2D eigenvalue weighted by Gasteiger charge is 2.29.